The van der Waals surface area contributed by atoms with Crippen LogP contribution >= 0.6 is 23.2 Å². The maximum absolute atomic E-state index is 6.21. The van der Waals surface area contributed by atoms with Crippen LogP contribution in [0.1, 0.15) is 0 Å². The molecule has 0 unspecified atom stereocenters. The van der Waals surface area contributed by atoms with Gasteiger partial charge in [-0.3, -0.25) is 4.98 Å². The summed E-state index contributed by atoms with van der Waals surface area (Å²) in [4.78, 5) is 8.42. The highest BCUT2D eigenvalue weighted by molar-refractivity contribution is 6.37. The minimum Gasteiger partial charge on any atom is -0.382 e. The molecule has 0 saturated heterocycles. The number of rotatable bonds is 1. The zero-order valence-corrected chi connectivity index (χ0v) is 11.3. The summed E-state index contributed by atoms with van der Waals surface area (Å²) >= 11 is 12.1. The predicted octanol–water partition coefficient (Wildman–Crippen LogP) is 4.19. The maximum Gasteiger partial charge on any atom is 0.143 e. The van der Waals surface area contributed by atoms with Crippen LogP contribution in [-0.4, -0.2) is 9.97 Å². The minimum atomic E-state index is 0.266. The lowest BCUT2D eigenvalue weighted by atomic mass is 10.0. The molecule has 0 fully saturated rings. The first-order chi connectivity index (χ1) is 9.16. The van der Waals surface area contributed by atoms with Gasteiger partial charge in [-0.25, -0.2) is 4.98 Å². The number of hydrogen-bond donors (Lipinski definition) is 1. The lowest BCUT2D eigenvalue weighted by Crippen LogP contribution is -1.95. The first-order valence-electron chi connectivity index (χ1n) is 5.61. The number of halogens is 2. The van der Waals surface area contributed by atoms with E-state index in [1.54, 1.807) is 18.5 Å². The van der Waals surface area contributed by atoms with Crippen LogP contribution in [0.3, 0.4) is 0 Å². The number of nitrogens with zero attached hydrogens (tertiary/aromatic N) is 2. The Hall–Kier alpha value is -1.84. The summed E-state index contributed by atoms with van der Waals surface area (Å²) in [7, 11) is 0. The van der Waals surface area contributed by atoms with Crippen molar-refractivity contribution in [1.29, 1.82) is 0 Å². The molecule has 0 aliphatic heterocycles. The third kappa shape index (κ3) is 2.11. The fraction of sp³-hybridized carbons (Fsp3) is 0. The van der Waals surface area contributed by atoms with Crippen LogP contribution in [-0.2, 0) is 0 Å². The summed E-state index contributed by atoms with van der Waals surface area (Å²) in [5.41, 5.74) is 7.25. The summed E-state index contributed by atoms with van der Waals surface area (Å²) < 4.78 is 0. The topological polar surface area (TPSA) is 51.8 Å². The van der Waals surface area contributed by atoms with E-state index in [1.165, 1.54) is 0 Å². The second-order valence-electron chi connectivity index (χ2n) is 4.09. The van der Waals surface area contributed by atoms with Crippen molar-refractivity contribution in [2.75, 3.05) is 5.73 Å². The van der Waals surface area contributed by atoms with Gasteiger partial charge in [-0.1, -0.05) is 41.4 Å². The van der Waals surface area contributed by atoms with E-state index in [-0.39, 0.29) is 5.82 Å². The van der Waals surface area contributed by atoms with Crippen molar-refractivity contribution in [1.82, 2.24) is 9.97 Å². The summed E-state index contributed by atoms with van der Waals surface area (Å²) in [5, 5.41) is 2.86. The van der Waals surface area contributed by atoms with Crippen LogP contribution in [0.2, 0.25) is 10.0 Å². The molecule has 0 aliphatic rings. The number of nitrogen functional groups attached to an aromatic ring is 1. The SMILES string of the molecule is Nc1nc(-c2cccc3ccncc23)c(Cl)cc1Cl. The Bertz CT molecular complexity index is 766. The number of benzene rings is 1. The first kappa shape index (κ1) is 12.2. The van der Waals surface area contributed by atoms with Gasteiger partial charge in [-0.05, 0) is 17.5 Å². The van der Waals surface area contributed by atoms with Gasteiger partial charge in [0.1, 0.15) is 5.82 Å². The zero-order valence-electron chi connectivity index (χ0n) is 9.77. The third-order valence-electron chi connectivity index (χ3n) is 2.90. The van der Waals surface area contributed by atoms with Crippen LogP contribution in [0, 0.1) is 0 Å². The third-order valence-corrected chi connectivity index (χ3v) is 3.49. The molecule has 0 spiro atoms. The average Bonchev–Trinajstić information content (AvgIpc) is 2.42. The Kier molecular flexibility index (Phi) is 3.01. The molecule has 1 aromatic carbocycles. The van der Waals surface area contributed by atoms with Gasteiger partial charge < -0.3 is 5.73 Å². The largest absolute Gasteiger partial charge is 0.382 e. The molecule has 19 heavy (non-hydrogen) atoms. The monoisotopic (exact) mass is 289 g/mol. The van der Waals surface area contributed by atoms with Crippen LogP contribution in [0.5, 0.6) is 0 Å². The number of nitrogens with two attached hydrogens (primary N) is 1. The van der Waals surface area contributed by atoms with E-state index in [9.17, 15) is 0 Å². The van der Waals surface area contributed by atoms with Gasteiger partial charge in [-0.2, -0.15) is 0 Å². The first-order valence-corrected chi connectivity index (χ1v) is 6.37. The molecular formula is C14H9Cl2N3. The van der Waals surface area contributed by atoms with E-state index in [4.69, 9.17) is 28.9 Å². The molecule has 0 atom stereocenters. The zero-order chi connectivity index (χ0) is 13.4. The van der Waals surface area contributed by atoms with Crippen LogP contribution in [0.25, 0.3) is 22.0 Å². The molecule has 2 aromatic heterocycles. The maximum atomic E-state index is 6.21. The summed E-state index contributed by atoms with van der Waals surface area (Å²) in [6.45, 7) is 0. The predicted molar refractivity (Wildman–Crippen MR) is 79.4 cm³/mol. The van der Waals surface area contributed by atoms with Gasteiger partial charge in [0.15, 0.2) is 0 Å². The average molecular weight is 290 g/mol. The van der Waals surface area contributed by atoms with Gasteiger partial charge in [0.25, 0.3) is 0 Å². The van der Waals surface area contributed by atoms with E-state index >= 15 is 0 Å². The number of anilines is 1. The van der Waals surface area contributed by atoms with Crippen molar-refractivity contribution in [3.63, 3.8) is 0 Å². The molecular weight excluding hydrogens is 281 g/mol. The second-order valence-corrected chi connectivity index (χ2v) is 4.90. The van der Waals surface area contributed by atoms with Gasteiger partial charge >= 0.3 is 0 Å². The highest BCUT2D eigenvalue weighted by Gasteiger charge is 2.12. The highest BCUT2D eigenvalue weighted by atomic mass is 35.5. The Labute approximate surface area is 120 Å². The van der Waals surface area contributed by atoms with Crippen molar-refractivity contribution in [2.45, 2.75) is 0 Å². The second kappa shape index (κ2) is 4.68. The standard InChI is InChI=1S/C14H9Cl2N3/c15-11-6-12(16)14(17)19-13(11)9-3-1-2-8-4-5-18-7-10(8)9/h1-7H,(H2,17,19). The molecule has 94 valence electrons. The van der Waals surface area contributed by atoms with E-state index in [2.05, 4.69) is 9.97 Å². The molecule has 5 heteroatoms. The molecule has 0 bridgehead atoms. The lowest BCUT2D eigenvalue weighted by molar-refractivity contribution is 1.33. The summed E-state index contributed by atoms with van der Waals surface area (Å²) in [5.74, 6) is 0.266. The van der Waals surface area contributed by atoms with Crippen LogP contribution < -0.4 is 5.73 Å². The molecule has 3 aromatic rings. The van der Waals surface area contributed by atoms with Gasteiger partial charge in [-0.15, -0.1) is 0 Å². The van der Waals surface area contributed by atoms with Gasteiger partial charge in [0, 0.05) is 23.3 Å². The number of fused-ring (bicyclic) bond motifs is 1. The van der Waals surface area contributed by atoms with E-state index in [1.807, 2.05) is 24.3 Å². The fourth-order valence-corrected chi connectivity index (χ4v) is 2.45. The molecule has 2 N–H and O–H groups in total. The minimum absolute atomic E-state index is 0.266. The Morgan fingerprint density at radius 2 is 1.89 bits per heavy atom. The highest BCUT2D eigenvalue weighted by Crippen LogP contribution is 2.34. The van der Waals surface area contributed by atoms with Gasteiger partial charge in [0.2, 0.25) is 0 Å². The summed E-state index contributed by atoms with van der Waals surface area (Å²) in [6, 6.07) is 9.43. The van der Waals surface area contributed by atoms with Crippen molar-refractivity contribution < 1.29 is 0 Å². The molecule has 0 radical (unpaired) electrons. The molecule has 0 aliphatic carbocycles. The van der Waals surface area contributed by atoms with Crippen LogP contribution in [0.4, 0.5) is 5.82 Å². The van der Waals surface area contributed by atoms with E-state index in [0.29, 0.717) is 15.7 Å². The molecule has 3 rings (SSSR count). The number of pyridine rings is 2. The molecule has 0 saturated carbocycles. The Morgan fingerprint density at radius 1 is 1.05 bits per heavy atom. The van der Waals surface area contributed by atoms with Crippen LogP contribution in [0.15, 0.2) is 42.7 Å². The number of aromatic nitrogens is 2. The molecule has 0 amide bonds. The van der Waals surface area contributed by atoms with Crippen molar-refractivity contribution in [3.8, 4) is 11.3 Å². The quantitative estimate of drug-likeness (QED) is 0.731. The van der Waals surface area contributed by atoms with Gasteiger partial charge in [0.05, 0.1) is 15.7 Å². The van der Waals surface area contributed by atoms with Crippen molar-refractivity contribution >= 4 is 39.8 Å². The fourth-order valence-electron chi connectivity index (χ4n) is 1.99. The molecule has 2 heterocycles. The van der Waals surface area contributed by atoms with Crippen molar-refractivity contribution in [2.24, 2.45) is 0 Å². The Balaban J connectivity index is 2.33. The Morgan fingerprint density at radius 3 is 2.74 bits per heavy atom. The summed E-state index contributed by atoms with van der Waals surface area (Å²) in [6.07, 6.45) is 3.53. The van der Waals surface area contributed by atoms with E-state index < -0.39 is 0 Å². The molecule has 3 nitrogen and oxygen atoms in total. The lowest BCUT2D eigenvalue weighted by Gasteiger charge is -2.09. The number of hydrogen-bond acceptors (Lipinski definition) is 3. The van der Waals surface area contributed by atoms with E-state index in [0.717, 1.165) is 16.3 Å². The van der Waals surface area contributed by atoms with Crippen molar-refractivity contribution in [3.05, 3.63) is 52.8 Å². The smallest absolute Gasteiger partial charge is 0.143 e. The normalized spacial score (nSPS) is 10.8.